The van der Waals surface area contributed by atoms with E-state index in [1.165, 1.54) is 30.5 Å². The minimum absolute atomic E-state index is 0.0147. The molecule has 0 amide bonds. The van der Waals surface area contributed by atoms with Gasteiger partial charge in [-0.25, -0.2) is 27.9 Å². The van der Waals surface area contributed by atoms with Crippen molar-refractivity contribution in [1.29, 1.82) is 0 Å². The molecule has 10 nitrogen and oxygen atoms in total. The summed E-state index contributed by atoms with van der Waals surface area (Å²) in [4.78, 5) is 16.0. The lowest BCUT2D eigenvalue weighted by Crippen LogP contribution is -2.38. The number of phenols is 1. The van der Waals surface area contributed by atoms with Crippen molar-refractivity contribution in [3.05, 3.63) is 53.5 Å². The minimum atomic E-state index is -3.58. The summed E-state index contributed by atoms with van der Waals surface area (Å²) in [5.74, 6) is -0.666. The van der Waals surface area contributed by atoms with E-state index in [9.17, 15) is 22.3 Å². The molecule has 238 valence electrons. The third-order valence-corrected chi connectivity index (χ3v) is 10.6. The Bertz CT molecular complexity index is 1930. The summed E-state index contributed by atoms with van der Waals surface area (Å²) in [6.07, 6.45) is 4.20. The fourth-order valence-corrected chi connectivity index (χ4v) is 8.48. The third-order valence-electron chi connectivity index (χ3n) is 9.42. The van der Waals surface area contributed by atoms with E-state index in [0.717, 1.165) is 19.4 Å². The first-order chi connectivity index (χ1) is 21.6. The monoisotopic (exact) mass is 641 g/mol. The van der Waals surface area contributed by atoms with Gasteiger partial charge in [-0.15, -0.1) is 0 Å². The van der Waals surface area contributed by atoms with Crippen LogP contribution < -0.4 is 14.8 Å². The number of anilines is 1. The SMILES string of the molecule is CCc1c(F)ccc2cc(O)cc(-c3ncc4c(NCC5CNS(=O)(=O)N5)nc(CC[C@@]56CCCN5C[C@H](F)C6)nc4c3F)c12. The zero-order chi connectivity index (χ0) is 31.5. The molecule has 1 unspecified atom stereocenters. The fraction of sp³-hybridized carbons (Fsp3) is 0.452. The first kappa shape index (κ1) is 30.1. The number of aromatic nitrogens is 3. The van der Waals surface area contributed by atoms with E-state index in [1.54, 1.807) is 6.92 Å². The van der Waals surface area contributed by atoms with E-state index >= 15 is 4.39 Å². The molecule has 5 heterocycles. The van der Waals surface area contributed by atoms with Gasteiger partial charge in [0.25, 0.3) is 10.2 Å². The second-order valence-electron chi connectivity index (χ2n) is 12.3. The maximum atomic E-state index is 16.6. The van der Waals surface area contributed by atoms with E-state index < -0.39 is 34.1 Å². The predicted octanol–water partition coefficient (Wildman–Crippen LogP) is 4.12. The van der Waals surface area contributed by atoms with Crippen molar-refractivity contribution in [3.8, 4) is 17.0 Å². The molecule has 0 aliphatic carbocycles. The molecular weight excluding hydrogens is 607 g/mol. The van der Waals surface area contributed by atoms with Crippen LogP contribution in [0.25, 0.3) is 32.9 Å². The van der Waals surface area contributed by atoms with Crippen LogP contribution >= 0.6 is 0 Å². The quantitative estimate of drug-likeness (QED) is 0.226. The van der Waals surface area contributed by atoms with Crippen molar-refractivity contribution < 1.29 is 26.7 Å². The molecule has 0 saturated carbocycles. The number of phenolic OH excluding ortho intramolecular Hbond substituents is 1. The Morgan fingerprint density at radius 3 is 2.84 bits per heavy atom. The normalized spacial score (nSPS) is 24.5. The lowest BCUT2D eigenvalue weighted by Gasteiger charge is -2.31. The topological polar surface area (TPSA) is 132 Å². The summed E-state index contributed by atoms with van der Waals surface area (Å²) in [7, 11) is -3.58. The number of pyridine rings is 1. The van der Waals surface area contributed by atoms with Crippen LogP contribution in [0.15, 0.2) is 30.5 Å². The summed E-state index contributed by atoms with van der Waals surface area (Å²) >= 11 is 0. The van der Waals surface area contributed by atoms with E-state index in [-0.39, 0.29) is 52.4 Å². The number of fused-ring (bicyclic) bond motifs is 3. The Kier molecular flexibility index (Phi) is 7.58. The van der Waals surface area contributed by atoms with Gasteiger partial charge in [0.05, 0.1) is 11.4 Å². The van der Waals surface area contributed by atoms with Gasteiger partial charge in [-0.1, -0.05) is 13.0 Å². The van der Waals surface area contributed by atoms with Gasteiger partial charge in [0.1, 0.15) is 40.6 Å². The van der Waals surface area contributed by atoms with Crippen molar-refractivity contribution >= 4 is 37.7 Å². The Morgan fingerprint density at radius 2 is 2.07 bits per heavy atom. The standard InChI is InChI=1S/C31H34F3N7O3S/c1-2-21-24(33)5-4-17-10-20(42)11-22(26(17)21)28-27(34)29-23(15-35-28)30(36-13-19-14-37-45(43,44)40-19)39-25(38-29)6-8-31-7-3-9-41(31)16-18(32)12-31/h4-5,10-11,15,18-19,37,40,42H,2-3,6-9,12-14,16H2,1H3,(H,36,38,39)/t18-,19?,31-/m1/s1. The Hall–Kier alpha value is -3.59. The van der Waals surface area contributed by atoms with Gasteiger partial charge >= 0.3 is 0 Å². The number of benzene rings is 2. The molecule has 45 heavy (non-hydrogen) atoms. The summed E-state index contributed by atoms with van der Waals surface area (Å²) in [5, 5.41) is 15.0. The van der Waals surface area contributed by atoms with Crippen molar-refractivity contribution in [3.63, 3.8) is 0 Å². The zero-order valence-corrected chi connectivity index (χ0v) is 25.5. The number of halogens is 3. The van der Waals surface area contributed by atoms with Crippen LogP contribution in [0, 0.1) is 11.6 Å². The highest BCUT2D eigenvalue weighted by Crippen LogP contribution is 2.43. The third kappa shape index (κ3) is 5.47. The van der Waals surface area contributed by atoms with Gasteiger partial charge in [0.15, 0.2) is 5.82 Å². The molecule has 0 bridgehead atoms. The van der Waals surface area contributed by atoms with Crippen LogP contribution in [0.2, 0.25) is 0 Å². The van der Waals surface area contributed by atoms with Crippen LogP contribution in [0.4, 0.5) is 19.0 Å². The van der Waals surface area contributed by atoms with Crippen LogP contribution in [0.5, 0.6) is 5.75 Å². The average molecular weight is 642 g/mol. The van der Waals surface area contributed by atoms with Crippen LogP contribution in [-0.2, 0) is 23.1 Å². The van der Waals surface area contributed by atoms with Crippen molar-refractivity contribution in [2.45, 2.75) is 63.2 Å². The summed E-state index contributed by atoms with van der Waals surface area (Å²) in [6.45, 7) is 3.40. The lowest BCUT2D eigenvalue weighted by molar-refractivity contribution is 0.181. The molecule has 0 radical (unpaired) electrons. The number of nitrogens with zero attached hydrogens (tertiary/aromatic N) is 4. The number of hydrogen-bond acceptors (Lipinski definition) is 8. The number of alkyl halides is 1. The molecule has 3 saturated heterocycles. The molecule has 3 atom stereocenters. The molecule has 3 aliphatic rings. The molecule has 4 N–H and O–H groups in total. The molecule has 3 fully saturated rings. The van der Waals surface area contributed by atoms with Crippen LogP contribution in [-0.4, -0.2) is 77.3 Å². The largest absolute Gasteiger partial charge is 0.508 e. The first-order valence-corrected chi connectivity index (χ1v) is 16.7. The maximum Gasteiger partial charge on any atom is 0.277 e. The van der Waals surface area contributed by atoms with Gasteiger partial charge in [0, 0.05) is 43.4 Å². The predicted molar refractivity (Wildman–Crippen MR) is 165 cm³/mol. The second-order valence-corrected chi connectivity index (χ2v) is 13.8. The smallest absolute Gasteiger partial charge is 0.277 e. The highest BCUT2D eigenvalue weighted by molar-refractivity contribution is 7.87. The van der Waals surface area contributed by atoms with Crippen molar-refractivity contribution in [1.82, 2.24) is 29.3 Å². The van der Waals surface area contributed by atoms with Gasteiger partial charge in [-0.05, 0) is 73.2 Å². The lowest BCUT2D eigenvalue weighted by atomic mass is 9.88. The molecule has 7 rings (SSSR count). The van der Waals surface area contributed by atoms with E-state index in [1.807, 2.05) is 0 Å². The zero-order valence-electron chi connectivity index (χ0n) is 24.7. The maximum absolute atomic E-state index is 16.6. The molecule has 2 aromatic heterocycles. The number of nitrogens with one attached hydrogen (secondary N) is 3. The van der Waals surface area contributed by atoms with Gasteiger partial charge in [-0.2, -0.15) is 13.1 Å². The number of aromatic hydroxyl groups is 1. The minimum Gasteiger partial charge on any atom is -0.508 e. The molecular formula is C31H34F3N7O3S. The average Bonchev–Trinajstić information content (AvgIpc) is 3.65. The number of rotatable bonds is 8. The fourth-order valence-electron chi connectivity index (χ4n) is 7.37. The molecule has 0 spiro atoms. The van der Waals surface area contributed by atoms with Gasteiger partial charge < -0.3 is 10.4 Å². The highest BCUT2D eigenvalue weighted by atomic mass is 32.2. The molecule has 14 heteroatoms. The Balaban J connectivity index is 1.32. The highest BCUT2D eigenvalue weighted by Gasteiger charge is 2.48. The number of aryl methyl sites for hydroxylation is 2. The molecule has 4 aromatic rings. The van der Waals surface area contributed by atoms with E-state index in [0.29, 0.717) is 54.4 Å². The van der Waals surface area contributed by atoms with Crippen molar-refractivity contribution in [2.24, 2.45) is 0 Å². The molecule has 3 aliphatic heterocycles. The van der Waals surface area contributed by atoms with Gasteiger partial charge in [0.2, 0.25) is 0 Å². The second kappa shape index (κ2) is 11.3. The molecule has 2 aromatic carbocycles. The Labute approximate surface area is 258 Å². The summed E-state index contributed by atoms with van der Waals surface area (Å²) in [6, 6.07) is 5.28. The van der Waals surface area contributed by atoms with E-state index in [4.69, 9.17) is 4.98 Å². The van der Waals surface area contributed by atoms with Crippen LogP contribution in [0.1, 0.15) is 44.0 Å². The summed E-state index contributed by atoms with van der Waals surface area (Å²) < 4.78 is 74.5. The van der Waals surface area contributed by atoms with Gasteiger partial charge in [-0.3, -0.25) is 9.88 Å². The summed E-state index contributed by atoms with van der Waals surface area (Å²) in [5.41, 5.74) is 0.234. The Morgan fingerprint density at radius 1 is 1.22 bits per heavy atom. The van der Waals surface area contributed by atoms with Crippen LogP contribution in [0.3, 0.4) is 0 Å². The van der Waals surface area contributed by atoms with Crippen molar-refractivity contribution in [2.75, 3.05) is 31.5 Å². The van der Waals surface area contributed by atoms with E-state index in [2.05, 4.69) is 29.6 Å². The number of hydrogen-bond donors (Lipinski definition) is 4. The first-order valence-electron chi connectivity index (χ1n) is 15.3.